The number of unbranched alkanes of at least 4 members (excludes halogenated alkanes) is 9. The van der Waals surface area contributed by atoms with Crippen LogP contribution in [0.4, 0.5) is 0 Å². The number of aromatic amines is 1. The predicted octanol–water partition coefficient (Wildman–Crippen LogP) is 4.18. The molecule has 176 valence electrons. The maximum Gasteiger partial charge on any atom is 0.329 e. The monoisotopic (exact) mass is 433 g/mol. The minimum Gasteiger partial charge on any atom is -0.325 e. The van der Waals surface area contributed by atoms with Gasteiger partial charge in [-0.05, 0) is 32.7 Å². The summed E-state index contributed by atoms with van der Waals surface area (Å²) in [5.41, 5.74) is 0.137. The third kappa shape index (κ3) is 7.95. The molecule has 0 fully saturated rings. The van der Waals surface area contributed by atoms with Crippen molar-refractivity contribution in [3.05, 3.63) is 26.7 Å². The van der Waals surface area contributed by atoms with Gasteiger partial charge in [-0.3, -0.25) is 14.3 Å². The molecule has 0 aliphatic rings. The quantitative estimate of drug-likeness (QED) is 0.389. The molecule has 31 heavy (non-hydrogen) atoms. The fourth-order valence-corrected chi connectivity index (χ4v) is 4.20. The number of H-pyrrole nitrogens is 1. The Hall–Kier alpha value is -1.89. The molecule has 7 heteroatoms. The van der Waals surface area contributed by atoms with Gasteiger partial charge >= 0.3 is 5.69 Å². The van der Waals surface area contributed by atoms with Gasteiger partial charge < -0.3 is 9.88 Å². The average Bonchev–Trinajstić information content (AvgIpc) is 3.08. The summed E-state index contributed by atoms with van der Waals surface area (Å²) >= 11 is 0. The summed E-state index contributed by atoms with van der Waals surface area (Å²) in [5.74, 6) is 0.858. The van der Waals surface area contributed by atoms with Crippen LogP contribution in [0.2, 0.25) is 0 Å². The van der Waals surface area contributed by atoms with Gasteiger partial charge in [-0.1, -0.05) is 64.7 Å². The lowest BCUT2D eigenvalue weighted by molar-refractivity contribution is 0.470. The average molecular weight is 434 g/mol. The first-order valence-corrected chi connectivity index (χ1v) is 12.3. The molecular formula is C24H43N5O2. The summed E-state index contributed by atoms with van der Waals surface area (Å²) < 4.78 is 3.22. The van der Waals surface area contributed by atoms with E-state index in [0.717, 1.165) is 38.1 Å². The van der Waals surface area contributed by atoms with Gasteiger partial charge in [0.25, 0.3) is 5.56 Å². The lowest BCUT2D eigenvalue weighted by atomic mass is 10.1. The van der Waals surface area contributed by atoms with Crippen molar-refractivity contribution in [2.75, 3.05) is 6.54 Å². The van der Waals surface area contributed by atoms with Crippen molar-refractivity contribution >= 4 is 11.2 Å². The van der Waals surface area contributed by atoms with Gasteiger partial charge in [-0.15, -0.1) is 0 Å². The molecule has 2 aromatic heterocycles. The Morgan fingerprint density at radius 1 is 0.903 bits per heavy atom. The van der Waals surface area contributed by atoms with Gasteiger partial charge in [0.05, 0.1) is 0 Å². The van der Waals surface area contributed by atoms with E-state index < -0.39 is 5.69 Å². The second kappa shape index (κ2) is 13.5. The summed E-state index contributed by atoms with van der Waals surface area (Å²) in [6, 6.07) is 0.526. The van der Waals surface area contributed by atoms with Crippen LogP contribution in [-0.2, 0) is 20.5 Å². The number of nitrogens with zero attached hydrogens (tertiary/aromatic N) is 3. The number of fused-ring (bicyclic) bond motifs is 1. The van der Waals surface area contributed by atoms with E-state index in [1.807, 2.05) is 11.6 Å². The zero-order chi connectivity index (χ0) is 22.6. The molecule has 0 saturated heterocycles. The van der Waals surface area contributed by atoms with Crippen molar-refractivity contribution in [2.45, 2.75) is 103 Å². The first-order chi connectivity index (χ1) is 15.0. The molecule has 0 spiro atoms. The molecule has 2 rings (SSSR count). The van der Waals surface area contributed by atoms with E-state index in [1.165, 1.54) is 62.4 Å². The van der Waals surface area contributed by atoms with Gasteiger partial charge in [0, 0.05) is 26.6 Å². The fraction of sp³-hybridized carbons (Fsp3) is 0.792. The Kier molecular flexibility index (Phi) is 11.1. The van der Waals surface area contributed by atoms with E-state index in [2.05, 4.69) is 29.1 Å². The molecule has 0 amide bonds. The number of aromatic nitrogens is 4. The van der Waals surface area contributed by atoms with Crippen LogP contribution >= 0.6 is 0 Å². The highest BCUT2D eigenvalue weighted by atomic mass is 16.2. The van der Waals surface area contributed by atoms with Crippen LogP contribution < -0.4 is 16.6 Å². The van der Waals surface area contributed by atoms with Crippen molar-refractivity contribution in [3.8, 4) is 0 Å². The topological polar surface area (TPSA) is 84.7 Å². The molecule has 0 aliphatic carbocycles. The smallest absolute Gasteiger partial charge is 0.325 e. The molecule has 0 radical (unpaired) electrons. The van der Waals surface area contributed by atoms with E-state index in [0.29, 0.717) is 17.2 Å². The van der Waals surface area contributed by atoms with Crippen LogP contribution in [0.1, 0.15) is 96.7 Å². The maximum absolute atomic E-state index is 12.1. The molecule has 2 N–H and O–H groups in total. The molecule has 7 nitrogen and oxygen atoms in total. The van der Waals surface area contributed by atoms with Crippen LogP contribution in [0, 0.1) is 0 Å². The van der Waals surface area contributed by atoms with Gasteiger partial charge in [-0.25, -0.2) is 9.78 Å². The number of nitrogens with one attached hydrogen (secondary N) is 2. The molecule has 0 aliphatic heterocycles. The number of hydrogen-bond acceptors (Lipinski definition) is 4. The lowest BCUT2D eigenvalue weighted by Gasteiger charge is -2.13. The molecule has 1 atom stereocenters. The Balaban J connectivity index is 1.59. The Bertz CT molecular complexity index is 896. The van der Waals surface area contributed by atoms with E-state index >= 15 is 0 Å². The van der Waals surface area contributed by atoms with Crippen LogP contribution in [0.25, 0.3) is 11.2 Å². The Morgan fingerprint density at radius 2 is 1.55 bits per heavy atom. The van der Waals surface area contributed by atoms with E-state index in [9.17, 15) is 9.59 Å². The zero-order valence-corrected chi connectivity index (χ0v) is 20.1. The van der Waals surface area contributed by atoms with Gasteiger partial charge in [0.1, 0.15) is 5.82 Å². The van der Waals surface area contributed by atoms with Gasteiger partial charge in [0.2, 0.25) is 0 Å². The molecule has 1 unspecified atom stereocenters. The van der Waals surface area contributed by atoms with E-state index in [4.69, 9.17) is 0 Å². The van der Waals surface area contributed by atoms with Gasteiger partial charge in [-0.2, -0.15) is 0 Å². The van der Waals surface area contributed by atoms with Crippen LogP contribution in [0.5, 0.6) is 0 Å². The van der Waals surface area contributed by atoms with Crippen LogP contribution in [0.3, 0.4) is 0 Å². The van der Waals surface area contributed by atoms with Gasteiger partial charge in [0.15, 0.2) is 11.2 Å². The third-order valence-electron chi connectivity index (χ3n) is 6.29. The zero-order valence-electron chi connectivity index (χ0n) is 20.1. The van der Waals surface area contributed by atoms with Crippen LogP contribution in [0.15, 0.2) is 9.59 Å². The molecular weight excluding hydrogens is 390 g/mol. The second-order valence-corrected chi connectivity index (χ2v) is 9.01. The van der Waals surface area contributed by atoms with Crippen molar-refractivity contribution < 1.29 is 0 Å². The summed E-state index contributed by atoms with van der Waals surface area (Å²) in [6.45, 7) is 5.64. The van der Waals surface area contributed by atoms with E-state index in [1.54, 1.807) is 7.05 Å². The summed E-state index contributed by atoms with van der Waals surface area (Å²) in [4.78, 5) is 30.8. The van der Waals surface area contributed by atoms with Crippen molar-refractivity contribution in [1.29, 1.82) is 0 Å². The minimum atomic E-state index is -0.422. The van der Waals surface area contributed by atoms with Crippen molar-refractivity contribution in [3.63, 3.8) is 0 Å². The highest BCUT2D eigenvalue weighted by molar-refractivity contribution is 5.70. The first-order valence-electron chi connectivity index (χ1n) is 12.3. The minimum absolute atomic E-state index is 0.367. The highest BCUT2D eigenvalue weighted by Gasteiger charge is 2.14. The second-order valence-electron chi connectivity index (χ2n) is 9.01. The summed E-state index contributed by atoms with van der Waals surface area (Å²) in [6.07, 6.45) is 16.4. The Morgan fingerprint density at radius 3 is 2.23 bits per heavy atom. The lowest BCUT2D eigenvalue weighted by Crippen LogP contribution is -2.29. The number of rotatable bonds is 16. The molecule has 2 aromatic rings. The number of imidazole rings is 1. The maximum atomic E-state index is 12.1. The molecule has 0 bridgehead atoms. The number of aryl methyl sites for hydroxylation is 3. The number of hydrogen-bond donors (Lipinski definition) is 2. The highest BCUT2D eigenvalue weighted by Crippen LogP contribution is 2.13. The van der Waals surface area contributed by atoms with Crippen LogP contribution in [-0.4, -0.2) is 31.7 Å². The summed E-state index contributed by atoms with van der Waals surface area (Å²) in [7, 11) is 3.48. The largest absolute Gasteiger partial charge is 0.329 e. The third-order valence-corrected chi connectivity index (χ3v) is 6.29. The van der Waals surface area contributed by atoms with Crippen molar-refractivity contribution in [2.24, 2.45) is 14.1 Å². The molecule has 2 heterocycles. The predicted molar refractivity (Wildman–Crippen MR) is 129 cm³/mol. The Labute approximate surface area is 186 Å². The molecule has 0 saturated carbocycles. The SMILES string of the molecule is CCCCCCCCCCCNC(C)CCCCc1nc2c(c(=O)[nH]c(=O)n2C)n1C. The van der Waals surface area contributed by atoms with E-state index in [-0.39, 0.29) is 5.56 Å². The standard InChI is InChI=1S/C24H43N5O2/c1-5-6-7-8-9-10-11-12-15-18-25-19(2)16-13-14-17-20-26-22-21(28(20)3)23(30)27-24(31)29(22)4/h19,25H,5-18H2,1-4H3,(H,27,30,31). The fourth-order valence-electron chi connectivity index (χ4n) is 4.20. The summed E-state index contributed by atoms with van der Waals surface area (Å²) in [5, 5.41) is 3.65. The molecule has 0 aromatic carbocycles. The van der Waals surface area contributed by atoms with Crippen molar-refractivity contribution in [1.82, 2.24) is 24.4 Å². The normalized spacial score (nSPS) is 12.6. The first kappa shape index (κ1) is 25.4.